The van der Waals surface area contributed by atoms with Gasteiger partial charge in [-0.15, -0.1) is 0 Å². The van der Waals surface area contributed by atoms with E-state index < -0.39 is 5.97 Å². The van der Waals surface area contributed by atoms with Gasteiger partial charge in [-0.1, -0.05) is 12.1 Å². The summed E-state index contributed by atoms with van der Waals surface area (Å²) in [5, 5.41) is 8.62. The normalized spacial score (nSPS) is 18.7. The van der Waals surface area contributed by atoms with Crippen molar-refractivity contribution in [3.63, 3.8) is 0 Å². The Hall–Kier alpha value is -1.55. The molecular formula is C12H15NO3. The highest BCUT2D eigenvalue weighted by atomic mass is 16.5. The molecule has 86 valence electrons. The van der Waals surface area contributed by atoms with E-state index in [1.165, 1.54) is 0 Å². The molecule has 1 aromatic rings. The maximum absolute atomic E-state index is 10.5. The summed E-state index contributed by atoms with van der Waals surface area (Å²) in [6.07, 6.45) is 1.50. The molecular weight excluding hydrogens is 206 g/mol. The third-order valence-corrected chi connectivity index (χ3v) is 2.79. The highest BCUT2D eigenvalue weighted by molar-refractivity contribution is 5.67. The number of aryl methyl sites for hydroxylation is 1. The lowest BCUT2D eigenvalue weighted by molar-refractivity contribution is -0.136. The molecule has 1 aromatic carbocycles. The lowest BCUT2D eigenvalue weighted by Crippen LogP contribution is -2.20. The molecule has 0 spiro atoms. The van der Waals surface area contributed by atoms with Crippen molar-refractivity contribution in [1.29, 1.82) is 0 Å². The summed E-state index contributed by atoms with van der Waals surface area (Å²) in [4.78, 5) is 10.5. The molecule has 1 atom stereocenters. The molecule has 4 nitrogen and oxygen atoms in total. The second-order valence-electron chi connectivity index (χ2n) is 4.01. The van der Waals surface area contributed by atoms with Crippen LogP contribution in [0.5, 0.6) is 5.75 Å². The van der Waals surface area contributed by atoms with Crippen molar-refractivity contribution in [3.8, 4) is 5.75 Å². The SMILES string of the molecule is N[C@H]1CCOc2ccc(CCC(=O)O)cc21. The molecule has 0 bridgehead atoms. The fraction of sp³-hybridized carbons (Fsp3) is 0.417. The number of fused-ring (bicyclic) bond motifs is 1. The fourth-order valence-corrected chi connectivity index (χ4v) is 1.88. The zero-order valence-electron chi connectivity index (χ0n) is 8.98. The Morgan fingerprint density at radius 2 is 2.38 bits per heavy atom. The minimum absolute atomic E-state index is 0.00790. The highest BCUT2D eigenvalue weighted by Gasteiger charge is 2.18. The molecule has 1 aliphatic heterocycles. The minimum atomic E-state index is -0.779. The standard InChI is InChI=1S/C12H15NO3/c13-10-5-6-16-11-3-1-8(7-9(10)11)2-4-12(14)15/h1,3,7,10H,2,4-6,13H2,(H,14,15)/t10-/m0/s1. The van der Waals surface area contributed by atoms with Crippen molar-refractivity contribution in [2.75, 3.05) is 6.61 Å². The maximum atomic E-state index is 10.5. The summed E-state index contributed by atoms with van der Waals surface area (Å²) >= 11 is 0. The van der Waals surface area contributed by atoms with Gasteiger partial charge < -0.3 is 15.6 Å². The average Bonchev–Trinajstić information content (AvgIpc) is 2.27. The average molecular weight is 221 g/mol. The Morgan fingerprint density at radius 3 is 3.12 bits per heavy atom. The number of ether oxygens (including phenoxy) is 1. The Morgan fingerprint density at radius 1 is 1.56 bits per heavy atom. The van der Waals surface area contributed by atoms with E-state index in [0.717, 1.165) is 23.3 Å². The maximum Gasteiger partial charge on any atom is 0.303 e. The Bertz CT molecular complexity index is 403. The topological polar surface area (TPSA) is 72.5 Å². The molecule has 0 unspecified atom stereocenters. The number of rotatable bonds is 3. The fourth-order valence-electron chi connectivity index (χ4n) is 1.88. The molecule has 16 heavy (non-hydrogen) atoms. The molecule has 0 aromatic heterocycles. The zero-order chi connectivity index (χ0) is 11.5. The molecule has 0 saturated carbocycles. The predicted molar refractivity (Wildman–Crippen MR) is 59.4 cm³/mol. The molecule has 0 saturated heterocycles. The lowest BCUT2D eigenvalue weighted by Gasteiger charge is -2.23. The van der Waals surface area contributed by atoms with E-state index in [4.69, 9.17) is 15.6 Å². The van der Waals surface area contributed by atoms with Crippen LogP contribution in [0.2, 0.25) is 0 Å². The Labute approximate surface area is 94.0 Å². The van der Waals surface area contributed by atoms with Gasteiger partial charge in [-0.05, 0) is 18.1 Å². The summed E-state index contributed by atoms with van der Waals surface area (Å²) in [6, 6.07) is 5.75. The molecule has 0 amide bonds. The van der Waals surface area contributed by atoms with E-state index in [2.05, 4.69) is 0 Å². The van der Waals surface area contributed by atoms with E-state index in [-0.39, 0.29) is 12.5 Å². The Kier molecular flexibility index (Phi) is 3.10. The number of benzene rings is 1. The van der Waals surface area contributed by atoms with Gasteiger partial charge in [0.15, 0.2) is 0 Å². The smallest absolute Gasteiger partial charge is 0.303 e. The van der Waals surface area contributed by atoms with Gasteiger partial charge in [0, 0.05) is 24.4 Å². The largest absolute Gasteiger partial charge is 0.493 e. The van der Waals surface area contributed by atoms with Crippen LogP contribution in [0.1, 0.15) is 30.0 Å². The second-order valence-corrected chi connectivity index (χ2v) is 4.01. The van der Waals surface area contributed by atoms with E-state index in [1.807, 2.05) is 18.2 Å². The van der Waals surface area contributed by atoms with Crippen molar-refractivity contribution < 1.29 is 14.6 Å². The Balaban J connectivity index is 2.17. The van der Waals surface area contributed by atoms with Crippen molar-refractivity contribution in [1.82, 2.24) is 0 Å². The van der Waals surface area contributed by atoms with Gasteiger partial charge in [-0.2, -0.15) is 0 Å². The van der Waals surface area contributed by atoms with Crippen LogP contribution >= 0.6 is 0 Å². The molecule has 4 heteroatoms. The van der Waals surface area contributed by atoms with Crippen LogP contribution in [0.3, 0.4) is 0 Å². The number of hydrogen-bond donors (Lipinski definition) is 2. The van der Waals surface area contributed by atoms with Crippen LogP contribution in [0.15, 0.2) is 18.2 Å². The van der Waals surface area contributed by atoms with Crippen LogP contribution in [0.25, 0.3) is 0 Å². The van der Waals surface area contributed by atoms with Gasteiger partial charge in [0.1, 0.15) is 5.75 Å². The monoisotopic (exact) mass is 221 g/mol. The molecule has 1 aliphatic rings. The van der Waals surface area contributed by atoms with Crippen molar-refractivity contribution in [2.45, 2.75) is 25.3 Å². The molecule has 0 aliphatic carbocycles. The van der Waals surface area contributed by atoms with Gasteiger partial charge in [-0.25, -0.2) is 0 Å². The summed E-state index contributed by atoms with van der Waals surface area (Å²) in [5.41, 5.74) is 7.97. The van der Waals surface area contributed by atoms with Crippen molar-refractivity contribution in [2.24, 2.45) is 5.73 Å². The van der Waals surface area contributed by atoms with Gasteiger partial charge in [0.05, 0.1) is 6.61 Å². The van der Waals surface area contributed by atoms with Crippen LogP contribution in [-0.4, -0.2) is 17.7 Å². The van der Waals surface area contributed by atoms with Crippen molar-refractivity contribution in [3.05, 3.63) is 29.3 Å². The van der Waals surface area contributed by atoms with E-state index in [1.54, 1.807) is 0 Å². The van der Waals surface area contributed by atoms with Gasteiger partial charge >= 0.3 is 5.97 Å². The molecule has 3 N–H and O–H groups in total. The third kappa shape index (κ3) is 2.33. The summed E-state index contributed by atoms with van der Waals surface area (Å²) in [7, 11) is 0. The van der Waals surface area contributed by atoms with Crippen LogP contribution in [-0.2, 0) is 11.2 Å². The van der Waals surface area contributed by atoms with Crippen LogP contribution < -0.4 is 10.5 Å². The quantitative estimate of drug-likeness (QED) is 0.811. The molecule has 2 rings (SSSR count). The highest BCUT2D eigenvalue weighted by Crippen LogP contribution is 2.31. The van der Waals surface area contributed by atoms with Crippen molar-refractivity contribution >= 4 is 5.97 Å². The first kappa shape index (κ1) is 11.0. The van der Waals surface area contributed by atoms with Gasteiger partial charge in [0.2, 0.25) is 0 Å². The number of carboxylic acid groups (broad SMARTS) is 1. The van der Waals surface area contributed by atoms with Crippen LogP contribution in [0, 0.1) is 0 Å². The molecule has 0 fully saturated rings. The first-order chi connectivity index (χ1) is 7.66. The number of nitrogens with two attached hydrogens (primary N) is 1. The number of carboxylic acids is 1. The summed E-state index contributed by atoms with van der Waals surface area (Å²) in [6.45, 7) is 0.655. The van der Waals surface area contributed by atoms with Gasteiger partial charge in [0.25, 0.3) is 0 Å². The number of hydrogen-bond acceptors (Lipinski definition) is 3. The summed E-state index contributed by atoms with van der Waals surface area (Å²) in [5.74, 6) is 0.0519. The number of carbonyl (C=O) groups is 1. The zero-order valence-corrected chi connectivity index (χ0v) is 8.98. The predicted octanol–water partition coefficient (Wildman–Crippen LogP) is 1.49. The van der Waals surface area contributed by atoms with E-state index in [9.17, 15) is 4.79 Å². The van der Waals surface area contributed by atoms with Gasteiger partial charge in [-0.3, -0.25) is 4.79 Å². The first-order valence-electron chi connectivity index (χ1n) is 5.40. The molecule has 1 heterocycles. The summed E-state index contributed by atoms with van der Waals surface area (Å²) < 4.78 is 5.48. The minimum Gasteiger partial charge on any atom is -0.493 e. The van der Waals surface area contributed by atoms with E-state index in [0.29, 0.717) is 13.0 Å². The third-order valence-electron chi connectivity index (χ3n) is 2.79. The first-order valence-corrected chi connectivity index (χ1v) is 5.40. The molecule has 0 radical (unpaired) electrons. The lowest BCUT2D eigenvalue weighted by atomic mass is 9.97. The number of aliphatic carboxylic acids is 1. The second kappa shape index (κ2) is 4.53. The van der Waals surface area contributed by atoms with Crippen LogP contribution in [0.4, 0.5) is 0 Å². The van der Waals surface area contributed by atoms with E-state index >= 15 is 0 Å².